The third kappa shape index (κ3) is 6.77. The second-order valence-electron chi connectivity index (χ2n) is 5.28. The minimum Gasteiger partial charge on any atom is -0.493 e. The van der Waals surface area contributed by atoms with Gasteiger partial charge in [-0.25, -0.2) is 0 Å². The SMILES string of the molecule is COc1cccc([SiH2]CCCC(CS(=O)(=O)O)S(=O)(=O)O)c1OC. The standard InChI is InChI=1S/C13H22O8S2Si/c1-20-11-6-3-7-12(13(11)21-2)24-8-4-5-10(23(17,18)19)9-22(14,15)16/h3,6-7,10H,4-5,8-9,24H2,1-2H3,(H,14,15,16)(H,17,18,19). The molecule has 0 aromatic heterocycles. The van der Waals surface area contributed by atoms with Crippen LogP contribution < -0.4 is 14.7 Å². The predicted octanol–water partition coefficient (Wildman–Crippen LogP) is -0.159. The molecule has 0 spiro atoms. The minimum atomic E-state index is -4.54. The van der Waals surface area contributed by atoms with E-state index in [4.69, 9.17) is 18.6 Å². The van der Waals surface area contributed by atoms with Gasteiger partial charge < -0.3 is 9.47 Å². The molecule has 1 aromatic rings. The van der Waals surface area contributed by atoms with E-state index in [-0.39, 0.29) is 6.42 Å². The summed E-state index contributed by atoms with van der Waals surface area (Å²) in [6.07, 6.45) is 0.366. The summed E-state index contributed by atoms with van der Waals surface area (Å²) < 4.78 is 72.5. The molecule has 0 heterocycles. The molecule has 8 nitrogen and oxygen atoms in total. The molecule has 1 unspecified atom stereocenters. The quantitative estimate of drug-likeness (QED) is 0.316. The molecular formula is C13H22O8S2Si. The summed E-state index contributed by atoms with van der Waals surface area (Å²) in [5.74, 6) is 0.260. The Bertz CT molecular complexity index is 745. The highest BCUT2D eigenvalue weighted by molar-refractivity contribution is 7.90. The van der Waals surface area contributed by atoms with Gasteiger partial charge in [-0.1, -0.05) is 24.6 Å². The molecule has 0 aliphatic heterocycles. The normalized spacial score (nSPS) is 14.0. The average Bonchev–Trinajstić information content (AvgIpc) is 2.47. The van der Waals surface area contributed by atoms with Gasteiger partial charge in [-0.15, -0.1) is 0 Å². The molecule has 0 radical (unpaired) electrons. The number of hydrogen-bond acceptors (Lipinski definition) is 6. The van der Waals surface area contributed by atoms with E-state index in [0.717, 1.165) is 5.19 Å². The molecule has 0 bridgehead atoms. The summed E-state index contributed by atoms with van der Waals surface area (Å²) >= 11 is 0. The third-order valence-corrected chi connectivity index (χ3v) is 7.75. The fourth-order valence-electron chi connectivity index (χ4n) is 2.39. The lowest BCUT2D eigenvalue weighted by Crippen LogP contribution is -2.29. The molecule has 0 amide bonds. The van der Waals surface area contributed by atoms with E-state index in [1.807, 2.05) is 12.1 Å². The van der Waals surface area contributed by atoms with Crippen molar-refractivity contribution in [3.63, 3.8) is 0 Å². The van der Waals surface area contributed by atoms with Crippen LogP contribution in [0.4, 0.5) is 0 Å². The largest absolute Gasteiger partial charge is 0.493 e. The van der Waals surface area contributed by atoms with Crippen LogP contribution in [0.5, 0.6) is 11.5 Å². The van der Waals surface area contributed by atoms with E-state index < -0.39 is 40.8 Å². The van der Waals surface area contributed by atoms with Gasteiger partial charge >= 0.3 is 0 Å². The van der Waals surface area contributed by atoms with E-state index in [1.165, 1.54) is 14.2 Å². The maximum absolute atomic E-state index is 11.2. The van der Waals surface area contributed by atoms with Crippen molar-refractivity contribution >= 4 is 34.9 Å². The number of methoxy groups -OCH3 is 2. The molecule has 0 saturated heterocycles. The summed E-state index contributed by atoms with van der Waals surface area (Å²) in [4.78, 5) is 0. The molecule has 0 aliphatic carbocycles. The molecule has 1 rings (SSSR count). The van der Waals surface area contributed by atoms with Gasteiger partial charge in [-0.3, -0.25) is 9.11 Å². The van der Waals surface area contributed by atoms with Gasteiger partial charge in [0.05, 0.1) is 29.5 Å². The van der Waals surface area contributed by atoms with Crippen molar-refractivity contribution in [3.05, 3.63) is 18.2 Å². The smallest absolute Gasteiger partial charge is 0.268 e. The maximum Gasteiger partial charge on any atom is 0.268 e. The fraction of sp³-hybridized carbons (Fsp3) is 0.538. The Labute approximate surface area is 144 Å². The molecule has 0 saturated carbocycles. The van der Waals surface area contributed by atoms with Gasteiger partial charge in [0.1, 0.15) is 5.25 Å². The molecule has 1 atom stereocenters. The van der Waals surface area contributed by atoms with Crippen LogP contribution in [-0.2, 0) is 20.2 Å². The molecule has 1 aromatic carbocycles. The fourth-order valence-corrected chi connectivity index (χ4v) is 6.46. The first kappa shape index (κ1) is 20.9. The highest BCUT2D eigenvalue weighted by atomic mass is 32.2. The Balaban J connectivity index is 2.67. The number of benzene rings is 1. The van der Waals surface area contributed by atoms with E-state index >= 15 is 0 Å². The van der Waals surface area contributed by atoms with Gasteiger partial charge in [0, 0.05) is 0 Å². The van der Waals surface area contributed by atoms with Crippen molar-refractivity contribution in [2.45, 2.75) is 24.1 Å². The Hall–Kier alpha value is -1.14. The van der Waals surface area contributed by atoms with Gasteiger partial charge in [-0.05, 0) is 17.7 Å². The summed E-state index contributed by atoms with van der Waals surface area (Å²) in [6.45, 7) is 0. The van der Waals surface area contributed by atoms with Crippen molar-refractivity contribution in [2.24, 2.45) is 0 Å². The Morgan fingerprint density at radius 2 is 1.79 bits per heavy atom. The zero-order chi connectivity index (χ0) is 18.4. The summed E-state index contributed by atoms with van der Waals surface area (Å²) in [6, 6.07) is 6.20. The zero-order valence-electron chi connectivity index (χ0n) is 13.5. The second kappa shape index (κ2) is 8.81. The second-order valence-corrected chi connectivity index (χ2v) is 10.4. The van der Waals surface area contributed by atoms with Crippen LogP contribution in [0.2, 0.25) is 6.04 Å². The average molecular weight is 399 g/mol. The third-order valence-electron chi connectivity index (χ3n) is 3.52. The van der Waals surface area contributed by atoms with Crippen LogP contribution >= 0.6 is 0 Å². The number of rotatable bonds is 10. The molecule has 0 aliphatic rings. The van der Waals surface area contributed by atoms with E-state index in [1.54, 1.807) is 6.07 Å². The first-order chi connectivity index (χ1) is 11.1. The summed E-state index contributed by atoms with van der Waals surface area (Å²) in [5.41, 5.74) is 0. The molecule has 138 valence electrons. The highest BCUT2D eigenvalue weighted by Crippen LogP contribution is 2.23. The predicted molar refractivity (Wildman–Crippen MR) is 93.5 cm³/mol. The van der Waals surface area contributed by atoms with Crippen LogP contribution in [0.1, 0.15) is 12.8 Å². The highest BCUT2D eigenvalue weighted by Gasteiger charge is 2.27. The molecule has 24 heavy (non-hydrogen) atoms. The lowest BCUT2D eigenvalue weighted by molar-refractivity contribution is 0.357. The lowest BCUT2D eigenvalue weighted by atomic mass is 10.3. The van der Waals surface area contributed by atoms with Crippen LogP contribution in [0.25, 0.3) is 0 Å². The van der Waals surface area contributed by atoms with Gasteiger partial charge in [0.2, 0.25) is 0 Å². The van der Waals surface area contributed by atoms with Gasteiger partial charge in [-0.2, -0.15) is 16.8 Å². The lowest BCUT2D eigenvalue weighted by Gasteiger charge is -2.14. The zero-order valence-corrected chi connectivity index (χ0v) is 16.6. The summed E-state index contributed by atoms with van der Waals surface area (Å²) in [5, 5.41) is -0.510. The number of hydrogen-bond donors (Lipinski definition) is 2. The molecule has 11 heteroatoms. The first-order valence-electron chi connectivity index (χ1n) is 7.20. The Morgan fingerprint density at radius 3 is 2.29 bits per heavy atom. The minimum absolute atomic E-state index is 0.0437. The van der Waals surface area contributed by atoms with Crippen molar-refractivity contribution in [1.29, 1.82) is 0 Å². The van der Waals surface area contributed by atoms with Crippen LogP contribution in [0, 0.1) is 0 Å². The molecule has 2 N–H and O–H groups in total. The molecule has 0 fully saturated rings. The van der Waals surface area contributed by atoms with Crippen molar-refractivity contribution in [3.8, 4) is 11.5 Å². The van der Waals surface area contributed by atoms with Gasteiger partial charge in [0.25, 0.3) is 20.2 Å². The topological polar surface area (TPSA) is 127 Å². The van der Waals surface area contributed by atoms with E-state index in [2.05, 4.69) is 0 Å². The monoisotopic (exact) mass is 398 g/mol. The van der Waals surface area contributed by atoms with E-state index in [9.17, 15) is 16.8 Å². The molecular weight excluding hydrogens is 376 g/mol. The van der Waals surface area contributed by atoms with Crippen molar-refractivity contribution in [2.75, 3.05) is 20.0 Å². The first-order valence-corrected chi connectivity index (χ1v) is 12.0. The summed E-state index contributed by atoms with van der Waals surface area (Å²) in [7, 11) is -6.74. The van der Waals surface area contributed by atoms with Crippen LogP contribution in [0.3, 0.4) is 0 Å². The van der Waals surface area contributed by atoms with Gasteiger partial charge in [0.15, 0.2) is 11.5 Å². The number of para-hydroxylation sites is 1. The van der Waals surface area contributed by atoms with E-state index in [0.29, 0.717) is 24.0 Å². The Kier molecular flexibility index (Phi) is 7.67. The Morgan fingerprint density at radius 1 is 1.12 bits per heavy atom. The number of ether oxygens (including phenoxy) is 2. The van der Waals surface area contributed by atoms with Crippen LogP contribution in [-0.4, -0.2) is 60.7 Å². The van der Waals surface area contributed by atoms with Crippen molar-refractivity contribution < 1.29 is 35.4 Å². The van der Waals surface area contributed by atoms with Crippen molar-refractivity contribution in [1.82, 2.24) is 0 Å². The maximum atomic E-state index is 11.2. The van der Waals surface area contributed by atoms with Crippen LogP contribution in [0.15, 0.2) is 18.2 Å².